The maximum atomic E-state index is 5.45. The van der Waals surface area contributed by atoms with Gasteiger partial charge in [0.1, 0.15) is 11.4 Å². The molecule has 1 fully saturated rings. The molecule has 1 aromatic carbocycles. The van der Waals surface area contributed by atoms with Crippen molar-refractivity contribution in [3.05, 3.63) is 42.9 Å². The van der Waals surface area contributed by atoms with E-state index in [1.807, 2.05) is 24.3 Å². The Morgan fingerprint density at radius 3 is 2.93 bits per heavy atom. The van der Waals surface area contributed by atoms with Crippen molar-refractivity contribution in [2.75, 3.05) is 37.5 Å². The molecule has 1 aliphatic rings. The number of aromatic amines is 1. The molecule has 27 heavy (non-hydrogen) atoms. The number of rotatable bonds is 6. The summed E-state index contributed by atoms with van der Waals surface area (Å²) in [7, 11) is 3.28. The number of anilines is 2. The third-order valence-corrected chi connectivity index (χ3v) is 4.65. The van der Waals surface area contributed by atoms with Crippen LogP contribution in [-0.2, 0) is 0 Å². The highest BCUT2D eigenvalue weighted by Gasteiger charge is 2.25. The van der Waals surface area contributed by atoms with Crippen LogP contribution in [0.2, 0.25) is 0 Å². The van der Waals surface area contributed by atoms with Gasteiger partial charge in [-0.25, -0.2) is 4.98 Å². The molecule has 0 saturated carbocycles. The summed E-state index contributed by atoms with van der Waals surface area (Å²) in [5.41, 5.74) is 2.59. The van der Waals surface area contributed by atoms with Gasteiger partial charge >= 0.3 is 0 Å². The number of aromatic nitrogens is 4. The Hall–Kier alpha value is -3.29. The number of hydrogen-bond acceptors (Lipinski definition) is 7. The van der Waals surface area contributed by atoms with Gasteiger partial charge in [-0.15, -0.1) is 0 Å². The molecule has 0 spiro atoms. The van der Waals surface area contributed by atoms with Crippen LogP contribution in [0, 0.1) is 0 Å². The van der Waals surface area contributed by atoms with Crippen LogP contribution in [-0.4, -0.2) is 53.5 Å². The summed E-state index contributed by atoms with van der Waals surface area (Å²) < 4.78 is 10.7. The van der Waals surface area contributed by atoms with Gasteiger partial charge < -0.3 is 19.7 Å². The first-order chi connectivity index (χ1) is 13.3. The molecule has 3 aromatic rings. The first-order valence-electron chi connectivity index (χ1n) is 8.82. The number of ether oxygens (including phenoxy) is 2. The Balaban J connectivity index is 1.47. The average Bonchev–Trinajstić information content (AvgIpc) is 3.40. The number of benzene rings is 1. The molecule has 1 unspecified atom stereocenters. The molecule has 2 aromatic heterocycles. The van der Waals surface area contributed by atoms with E-state index in [4.69, 9.17) is 9.47 Å². The Morgan fingerprint density at radius 2 is 2.15 bits per heavy atom. The van der Waals surface area contributed by atoms with E-state index in [1.165, 1.54) is 0 Å². The molecule has 8 nitrogen and oxygen atoms in total. The van der Waals surface area contributed by atoms with Crippen LogP contribution in [0.5, 0.6) is 11.6 Å². The fraction of sp³-hybridized carbons (Fsp3) is 0.316. The maximum Gasteiger partial charge on any atom is 0.242 e. The van der Waals surface area contributed by atoms with Gasteiger partial charge in [0.25, 0.3) is 0 Å². The van der Waals surface area contributed by atoms with Crippen LogP contribution < -0.4 is 19.7 Å². The maximum absolute atomic E-state index is 5.45. The number of hydrogen-bond donors (Lipinski definition) is 2. The largest absolute Gasteiger partial charge is 0.497 e. The minimum atomic E-state index is 0.332. The molecule has 3 heterocycles. The standard InChI is InChI=1S/C19H22N6O2/c1-26-16-5-3-4-14(8-16)23-15-6-7-25(12-15)17-11-20-18(19(24-17)27-2)13-9-21-22-10-13/h3-5,8-11,15,23H,6-7,12H2,1-2H3,(H,21,22). The van der Waals surface area contributed by atoms with Gasteiger partial charge in [-0.05, 0) is 18.6 Å². The highest BCUT2D eigenvalue weighted by Crippen LogP contribution is 2.29. The number of H-pyrrole nitrogens is 1. The monoisotopic (exact) mass is 366 g/mol. The minimum absolute atomic E-state index is 0.332. The quantitative estimate of drug-likeness (QED) is 0.693. The molecule has 1 atom stereocenters. The third-order valence-electron chi connectivity index (χ3n) is 4.65. The third kappa shape index (κ3) is 3.64. The molecular formula is C19H22N6O2. The van der Waals surface area contributed by atoms with Crippen LogP contribution in [0.3, 0.4) is 0 Å². The zero-order chi connectivity index (χ0) is 18.6. The second-order valence-electron chi connectivity index (χ2n) is 6.38. The van der Waals surface area contributed by atoms with Crippen molar-refractivity contribution in [3.8, 4) is 22.9 Å². The van der Waals surface area contributed by atoms with Crippen LogP contribution in [0.4, 0.5) is 11.5 Å². The van der Waals surface area contributed by atoms with Gasteiger partial charge in [0, 0.05) is 42.6 Å². The molecule has 0 amide bonds. The lowest BCUT2D eigenvalue weighted by molar-refractivity contribution is 0.398. The van der Waals surface area contributed by atoms with Crippen molar-refractivity contribution in [1.29, 1.82) is 0 Å². The van der Waals surface area contributed by atoms with Gasteiger partial charge in [-0.1, -0.05) is 6.07 Å². The molecule has 2 N–H and O–H groups in total. The Kier molecular flexibility index (Phi) is 4.78. The lowest BCUT2D eigenvalue weighted by Gasteiger charge is -2.19. The first kappa shape index (κ1) is 17.1. The lowest BCUT2D eigenvalue weighted by atomic mass is 10.2. The predicted octanol–water partition coefficient (Wildman–Crippen LogP) is 2.57. The predicted molar refractivity (Wildman–Crippen MR) is 103 cm³/mol. The van der Waals surface area contributed by atoms with E-state index in [0.29, 0.717) is 17.6 Å². The Morgan fingerprint density at radius 1 is 1.22 bits per heavy atom. The summed E-state index contributed by atoms with van der Waals surface area (Å²) in [5, 5.41) is 10.3. The van der Waals surface area contributed by atoms with Gasteiger partial charge in [0.2, 0.25) is 5.88 Å². The van der Waals surface area contributed by atoms with E-state index in [9.17, 15) is 0 Å². The van der Waals surface area contributed by atoms with E-state index in [-0.39, 0.29) is 0 Å². The first-order valence-corrected chi connectivity index (χ1v) is 8.82. The van der Waals surface area contributed by atoms with Crippen molar-refractivity contribution in [3.63, 3.8) is 0 Å². The molecule has 0 radical (unpaired) electrons. The zero-order valence-corrected chi connectivity index (χ0v) is 15.3. The highest BCUT2D eigenvalue weighted by atomic mass is 16.5. The van der Waals surface area contributed by atoms with Crippen molar-refractivity contribution in [1.82, 2.24) is 20.2 Å². The minimum Gasteiger partial charge on any atom is -0.497 e. The van der Waals surface area contributed by atoms with Crippen molar-refractivity contribution < 1.29 is 9.47 Å². The summed E-state index contributed by atoms with van der Waals surface area (Å²) >= 11 is 0. The average molecular weight is 366 g/mol. The van der Waals surface area contributed by atoms with Crippen LogP contribution in [0.25, 0.3) is 11.3 Å². The molecule has 140 valence electrons. The molecule has 4 rings (SSSR count). The smallest absolute Gasteiger partial charge is 0.242 e. The second-order valence-corrected chi connectivity index (χ2v) is 6.38. The topological polar surface area (TPSA) is 88.2 Å². The zero-order valence-electron chi connectivity index (χ0n) is 15.3. The number of nitrogens with zero attached hydrogens (tertiary/aromatic N) is 4. The van der Waals surface area contributed by atoms with E-state index in [0.717, 1.165) is 42.3 Å². The second kappa shape index (κ2) is 7.53. The highest BCUT2D eigenvalue weighted by molar-refractivity contribution is 5.64. The van der Waals surface area contributed by atoms with Crippen LogP contribution >= 0.6 is 0 Å². The fourth-order valence-electron chi connectivity index (χ4n) is 3.27. The van der Waals surface area contributed by atoms with E-state index in [1.54, 1.807) is 32.8 Å². The van der Waals surface area contributed by atoms with Crippen LogP contribution in [0.1, 0.15) is 6.42 Å². The van der Waals surface area contributed by atoms with Crippen molar-refractivity contribution >= 4 is 11.5 Å². The van der Waals surface area contributed by atoms with Crippen molar-refractivity contribution in [2.45, 2.75) is 12.5 Å². The summed E-state index contributed by atoms with van der Waals surface area (Å²) in [6.45, 7) is 1.75. The molecule has 8 heteroatoms. The van der Waals surface area contributed by atoms with E-state index in [2.05, 4.69) is 30.4 Å². The van der Waals surface area contributed by atoms with Gasteiger partial charge in [-0.2, -0.15) is 10.1 Å². The lowest BCUT2D eigenvalue weighted by Crippen LogP contribution is -2.26. The Labute approximate surface area is 157 Å². The fourth-order valence-corrected chi connectivity index (χ4v) is 3.27. The number of nitrogens with one attached hydrogen (secondary N) is 2. The summed E-state index contributed by atoms with van der Waals surface area (Å²) in [6.07, 6.45) is 6.29. The van der Waals surface area contributed by atoms with Crippen LogP contribution in [0.15, 0.2) is 42.9 Å². The molecule has 1 saturated heterocycles. The SMILES string of the molecule is COc1cccc(NC2CCN(c3cnc(-c4cn[nH]c4)c(OC)n3)C2)c1. The van der Waals surface area contributed by atoms with E-state index < -0.39 is 0 Å². The van der Waals surface area contributed by atoms with Crippen molar-refractivity contribution in [2.24, 2.45) is 0 Å². The summed E-state index contributed by atoms with van der Waals surface area (Å²) in [5.74, 6) is 2.16. The molecule has 0 bridgehead atoms. The van der Waals surface area contributed by atoms with Gasteiger partial charge in [-0.3, -0.25) is 5.10 Å². The molecular weight excluding hydrogens is 344 g/mol. The molecule has 1 aliphatic heterocycles. The summed E-state index contributed by atoms with van der Waals surface area (Å²) in [4.78, 5) is 11.4. The summed E-state index contributed by atoms with van der Waals surface area (Å²) in [6, 6.07) is 8.31. The molecule has 0 aliphatic carbocycles. The normalized spacial score (nSPS) is 16.4. The number of methoxy groups -OCH3 is 2. The van der Waals surface area contributed by atoms with Gasteiger partial charge in [0.05, 0.1) is 26.6 Å². The van der Waals surface area contributed by atoms with E-state index >= 15 is 0 Å². The van der Waals surface area contributed by atoms with Gasteiger partial charge in [0.15, 0.2) is 5.82 Å². The Bertz CT molecular complexity index is 899.